The third-order valence-electron chi connectivity index (χ3n) is 2.02. The maximum atomic E-state index is 13.4. The van der Waals surface area contributed by atoms with E-state index in [4.69, 9.17) is 17.3 Å². The molecule has 1 aromatic carbocycles. The Bertz CT molecular complexity index is 341. The quantitative estimate of drug-likeness (QED) is 0.798. The minimum atomic E-state index is -1.02. The lowest BCUT2D eigenvalue weighted by atomic mass is 10.0. The first kappa shape index (κ1) is 11.4. The molecule has 0 aromatic heterocycles. The van der Waals surface area contributed by atoms with Gasteiger partial charge in [-0.2, -0.15) is 0 Å². The standard InChI is InChI=1S/C10H13ClFNO/c1-5-3-7(10(14)6(2)13)9(12)8(11)4-5/h3-4,6,10,14H,13H2,1-2H3. The molecular weight excluding hydrogens is 205 g/mol. The highest BCUT2D eigenvalue weighted by atomic mass is 35.5. The van der Waals surface area contributed by atoms with Crippen LogP contribution in [-0.4, -0.2) is 11.1 Å². The molecule has 2 unspecified atom stereocenters. The zero-order valence-corrected chi connectivity index (χ0v) is 8.85. The Balaban J connectivity index is 3.20. The molecule has 14 heavy (non-hydrogen) atoms. The summed E-state index contributed by atoms with van der Waals surface area (Å²) in [5.41, 5.74) is 6.43. The monoisotopic (exact) mass is 217 g/mol. The third-order valence-corrected chi connectivity index (χ3v) is 2.29. The molecule has 4 heteroatoms. The van der Waals surface area contributed by atoms with Gasteiger partial charge in [0.1, 0.15) is 5.82 Å². The van der Waals surface area contributed by atoms with E-state index in [0.717, 1.165) is 5.56 Å². The largest absolute Gasteiger partial charge is 0.387 e. The average Bonchev–Trinajstić information content (AvgIpc) is 2.09. The van der Waals surface area contributed by atoms with Gasteiger partial charge in [-0.1, -0.05) is 17.7 Å². The van der Waals surface area contributed by atoms with Crippen molar-refractivity contribution in [1.29, 1.82) is 0 Å². The summed E-state index contributed by atoms with van der Waals surface area (Å²) < 4.78 is 13.4. The minimum absolute atomic E-state index is 0.0136. The molecular formula is C10H13ClFNO. The number of aliphatic hydroxyl groups excluding tert-OH is 1. The van der Waals surface area contributed by atoms with Crippen molar-refractivity contribution in [2.45, 2.75) is 26.0 Å². The van der Waals surface area contributed by atoms with Crippen LogP contribution in [0.5, 0.6) is 0 Å². The predicted molar refractivity (Wildman–Crippen MR) is 54.8 cm³/mol. The summed E-state index contributed by atoms with van der Waals surface area (Å²) in [4.78, 5) is 0. The van der Waals surface area contributed by atoms with Crippen molar-refractivity contribution in [3.8, 4) is 0 Å². The molecule has 0 saturated carbocycles. The SMILES string of the molecule is Cc1cc(Cl)c(F)c(C(O)C(C)N)c1. The van der Waals surface area contributed by atoms with Gasteiger partial charge in [-0.25, -0.2) is 4.39 Å². The molecule has 2 nitrogen and oxygen atoms in total. The van der Waals surface area contributed by atoms with Crippen LogP contribution in [0.4, 0.5) is 4.39 Å². The second kappa shape index (κ2) is 4.26. The molecule has 78 valence electrons. The Kier molecular flexibility index (Phi) is 3.48. The molecule has 0 bridgehead atoms. The van der Waals surface area contributed by atoms with Gasteiger partial charge in [0, 0.05) is 11.6 Å². The molecule has 0 aliphatic rings. The van der Waals surface area contributed by atoms with Gasteiger partial charge < -0.3 is 10.8 Å². The van der Waals surface area contributed by atoms with E-state index in [1.165, 1.54) is 6.07 Å². The van der Waals surface area contributed by atoms with Crippen LogP contribution in [0.1, 0.15) is 24.2 Å². The molecule has 0 heterocycles. The maximum Gasteiger partial charge on any atom is 0.147 e. The molecule has 1 aromatic rings. The van der Waals surface area contributed by atoms with Crippen LogP contribution in [-0.2, 0) is 0 Å². The van der Waals surface area contributed by atoms with Crippen LogP contribution in [0, 0.1) is 12.7 Å². The number of nitrogens with two attached hydrogens (primary N) is 1. The maximum absolute atomic E-state index is 13.4. The topological polar surface area (TPSA) is 46.2 Å². The van der Waals surface area contributed by atoms with Gasteiger partial charge in [0.15, 0.2) is 0 Å². The Hall–Kier alpha value is -0.640. The molecule has 0 amide bonds. The molecule has 0 saturated heterocycles. The fraction of sp³-hybridized carbons (Fsp3) is 0.400. The first-order chi connectivity index (χ1) is 6.43. The number of rotatable bonds is 2. The number of aryl methyl sites for hydroxylation is 1. The van der Waals surface area contributed by atoms with Crippen LogP contribution >= 0.6 is 11.6 Å². The van der Waals surface area contributed by atoms with Crippen LogP contribution < -0.4 is 5.73 Å². The summed E-state index contributed by atoms with van der Waals surface area (Å²) in [7, 11) is 0. The molecule has 3 N–H and O–H groups in total. The summed E-state index contributed by atoms with van der Waals surface area (Å²) in [6.45, 7) is 3.39. The number of aliphatic hydroxyl groups is 1. The zero-order valence-electron chi connectivity index (χ0n) is 8.09. The predicted octanol–water partition coefficient (Wildman–Crippen LogP) is 2.17. The Labute approximate surface area is 87.5 Å². The van der Waals surface area contributed by atoms with Crippen molar-refractivity contribution in [1.82, 2.24) is 0 Å². The van der Waals surface area contributed by atoms with Crippen molar-refractivity contribution >= 4 is 11.6 Å². The number of benzene rings is 1. The van der Waals surface area contributed by atoms with Crippen molar-refractivity contribution in [2.24, 2.45) is 5.73 Å². The van der Waals surface area contributed by atoms with Crippen LogP contribution in [0.2, 0.25) is 5.02 Å². The molecule has 0 aliphatic carbocycles. The first-order valence-corrected chi connectivity index (χ1v) is 4.70. The van der Waals surface area contributed by atoms with E-state index in [1.807, 2.05) is 0 Å². The number of hydrogen-bond donors (Lipinski definition) is 2. The number of hydrogen-bond acceptors (Lipinski definition) is 2. The summed E-state index contributed by atoms with van der Waals surface area (Å²) in [5, 5.41) is 9.62. The molecule has 0 spiro atoms. The minimum Gasteiger partial charge on any atom is -0.387 e. The van der Waals surface area contributed by atoms with Crippen LogP contribution in [0.25, 0.3) is 0 Å². The molecule has 0 fully saturated rings. The Morgan fingerprint density at radius 3 is 2.57 bits per heavy atom. The lowest BCUT2D eigenvalue weighted by Crippen LogP contribution is -2.25. The molecule has 0 radical (unpaired) electrons. The fourth-order valence-electron chi connectivity index (χ4n) is 1.25. The Morgan fingerprint density at radius 1 is 1.50 bits per heavy atom. The summed E-state index contributed by atoms with van der Waals surface area (Å²) in [5.74, 6) is -0.595. The highest BCUT2D eigenvalue weighted by Crippen LogP contribution is 2.26. The second-order valence-electron chi connectivity index (χ2n) is 3.45. The lowest BCUT2D eigenvalue weighted by Gasteiger charge is -2.16. The van der Waals surface area contributed by atoms with Crippen molar-refractivity contribution in [3.05, 3.63) is 34.1 Å². The van der Waals surface area contributed by atoms with Gasteiger partial charge in [0.25, 0.3) is 0 Å². The summed E-state index contributed by atoms with van der Waals surface area (Å²) in [6.07, 6.45) is -1.02. The van der Waals surface area contributed by atoms with Crippen molar-refractivity contribution in [2.75, 3.05) is 0 Å². The van der Waals surface area contributed by atoms with Crippen LogP contribution in [0.15, 0.2) is 12.1 Å². The summed E-state index contributed by atoms with van der Waals surface area (Å²) >= 11 is 5.64. The van der Waals surface area contributed by atoms with Crippen molar-refractivity contribution < 1.29 is 9.50 Å². The average molecular weight is 218 g/mol. The van der Waals surface area contributed by atoms with E-state index in [2.05, 4.69) is 0 Å². The first-order valence-electron chi connectivity index (χ1n) is 4.32. The Morgan fingerprint density at radius 2 is 2.07 bits per heavy atom. The molecule has 2 atom stereocenters. The van der Waals surface area contributed by atoms with E-state index >= 15 is 0 Å². The van der Waals surface area contributed by atoms with Gasteiger partial charge in [-0.15, -0.1) is 0 Å². The molecule has 0 aliphatic heterocycles. The third kappa shape index (κ3) is 2.23. The fourth-order valence-corrected chi connectivity index (χ4v) is 1.53. The second-order valence-corrected chi connectivity index (χ2v) is 3.86. The van der Waals surface area contributed by atoms with Crippen molar-refractivity contribution in [3.63, 3.8) is 0 Å². The van der Waals surface area contributed by atoms with Gasteiger partial charge in [-0.05, 0) is 25.5 Å². The van der Waals surface area contributed by atoms with Gasteiger partial charge in [0.05, 0.1) is 11.1 Å². The van der Waals surface area contributed by atoms with Crippen LogP contribution in [0.3, 0.4) is 0 Å². The van der Waals surface area contributed by atoms with Gasteiger partial charge in [-0.3, -0.25) is 0 Å². The van der Waals surface area contributed by atoms with E-state index < -0.39 is 18.0 Å². The zero-order chi connectivity index (χ0) is 10.9. The van der Waals surface area contributed by atoms with E-state index in [-0.39, 0.29) is 10.6 Å². The molecule has 1 rings (SSSR count). The number of halogens is 2. The highest BCUT2D eigenvalue weighted by molar-refractivity contribution is 6.30. The van der Waals surface area contributed by atoms with E-state index in [1.54, 1.807) is 19.9 Å². The summed E-state index contributed by atoms with van der Waals surface area (Å²) in [6, 6.07) is 2.53. The highest BCUT2D eigenvalue weighted by Gasteiger charge is 2.18. The van der Waals surface area contributed by atoms with Gasteiger partial charge in [0.2, 0.25) is 0 Å². The normalized spacial score (nSPS) is 15.3. The van der Waals surface area contributed by atoms with E-state index in [9.17, 15) is 9.50 Å². The van der Waals surface area contributed by atoms with E-state index in [0.29, 0.717) is 0 Å². The lowest BCUT2D eigenvalue weighted by molar-refractivity contribution is 0.149. The van der Waals surface area contributed by atoms with Gasteiger partial charge >= 0.3 is 0 Å². The smallest absolute Gasteiger partial charge is 0.147 e.